The fourth-order valence-electron chi connectivity index (χ4n) is 2.39. The number of amides is 3. The van der Waals surface area contributed by atoms with Crippen LogP contribution in [0, 0.1) is 0 Å². The maximum atomic E-state index is 11.7. The first-order chi connectivity index (χ1) is 9.47. The topological polar surface area (TPSA) is 84.5 Å². The van der Waals surface area contributed by atoms with E-state index >= 15 is 0 Å². The van der Waals surface area contributed by atoms with E-state index in [0.29, 0.717) is 6.42 Å². The van der Waals surface area contributed by atoms with Gasteiger partial charge in [-0.25, -0.2) is 4.79 Å². The molecule has 1 aliphatic rings. The van der Waals surface area contributed by atoms with Gasteiger partial charge in [-0.1, -0.05) is 24.3 Å². The van der Waals surface area contributed by atoms with E-state index < -0.39 is 30.1 Å². The molecule has 0 bridgehead atoms. The van der Waals surface area contributed by atoms with Crippen LogP contribution in [0.4, 0.5) is 4.79 Å². The van der Waals surface area contributed by atoms with Crippen molar-refractivity contribution in [3.05, 3.63) is 35.4 Å². The van der Waals surface area contributed by atoms with Gasteiger partial charge in [-0.05, 0) is 11.1 Å². The van der Waals surface area contributed by atoms with E-state index in [9.17, 15) is 14.4 Å². The van der Waals surface area contributed by atoms with Gasteiger partial charge < -0.3 is 10.1 Å². The van der Waals surface area contributed by atoms with Gasteiger partial charge in [0, 0.05) is 20.3 Å². The lowest BCUT2D eigenvalue weighted by Gasteiger charge is -2.21. The SMILES string of the molecule is CC(=O)NC(=O)N[C@H]1c2ccccc2C[C@H]1OC(C)=O. The summed E-state index contributed by atoms with van der Waals surface area (Å²) in [6.45, 7) is 2.58. The van der Waals surface area contributed by atoms with Gasteiger partial charge in [-0.2, -0.15) is 0 Å². The molecule has 6 nitrogen and oxygen atoms in total. The first-order valence-corrected chi connectivity index (χ1v) is 6.30. The Morgan fingerprint density at radius 3 is 2.55 bits per heavy atom. The van der Waals surface area contributed by atoms with Gasteiger partial charge in [0.2, 0.25) is 5.91 Å². The first kappa shape index (κ1) is 14.0. The summed E-state index contributed by atoms with van der Waals surface area (Å²) in [4.78, 5) is 33.7. The van der Waals surface area contributed by atoms with E-state index in [-0.39, 0.29) is 0 Å². The number of ether oxygens (including phenoxy) is 1. The van der Waals surface area contributed by atoms with Gasteiger partial charge >= 0.3 is 12.0 Å². The third kappa shape index (κ3) is 3.14. The summed E-state index contributed by atoms with van der Waals surface area (Å²) >= 11 is 0. The number of imide groups is 1. The van der Waals surface area contributed by atoms with Crippen LogP contribution in [0.25, 0.3) is 0 Å². The van der Waals surface area contributed by atoms with E-state index in [1.807, 2.05) is 24.3 Å². The summed E-state index contributed by atoms with van der Waals surface area (Å²) in [6, 6.07) is 6.49. The van der Waals surface area contributed by atoms with Crippen LogP contribution in [0.5, 0.6) is 0 Å². The van der Waals surface area contributed by atoms with Crippen LogP contribution in [0.1, 0.15) is 31.0 Å². The second-order valence-corrected chi connectivity index (χ2v) is 4.68. The van der Waals surface area contributed by atoms with Crippen molar-refractivity contribution >= 4 is 17.9 Å². The molecule has 1 aromatic rings. The zero-order valence-electron chi connectivity index (χ0n) is 11.3. The van der Waals surface area contributed by atoms with Gasteiger partial charge in [0.1, 0.15) is 6.10 Å². The van der Waals surface area contributed by atoms with E-state index in [0.717, 1.165) is 11.1 Å². The minimum Gasteiger partial charge on any atom is -0.460 e. The fraction of sp³-hybridized carbons (Fsp3) is 0.357. The molecule has 6 heteroatoms. The molecule has 2 rings (SSSR count). The quantitative estimate of drug-likeness (QED) is 0.791. The molecular formula is C14H16N2O4. The first-order valence-electron chi connectivity index (χ1n) is 6.30. The predicted octanol–water partition coefficient (Wildman–Crippen LogP) is 1.06. The van der Waals surface area contributed by atoms with Crippen LogP contribution in [0.3, 0.4) is 0 Å². The van der Waals surface area contributed by atoms with Crippen molar-refractivity contribution in [3.8, 4) is 0 Å². The van der Waals surface area contributed by atoms with E-state index in [4.69, 9.17) is 4.74 Å². The Balaban J connectivity index is 2.18. The third-order valence-electron chi connectivity index (χ3n) is 3.08. The Kier molecular flexibility index (Phi) is 4.02. The zero-order valence-corrected chi connectivity index (χ0v) is 11.3. The van der Waals surface area contributed by atoms with Gasteiger partial charge in [0.05, 0.1) is 6.04 Å². The molecular weight excluding hydrogens is 260 g/mol. The van der Waals surface area contributed by atoms with Crippen molar-refractivity contribution in [3.63, 3.8) is 0 Å². The fourth-order valence-corrected chi connectivity index (χ4v) is 2.39. The molecule has 106 valence electrons. The molecule has 0 saturated carbocycles. The average Bonchev–Trinajstić information content (AvgIpc) is 2.66. The molecule has 0 radical (unpaired) electrons. The molecule has 20 heavy (non-hydrogen) atoms. The molecule has 0 aromatic heterocycles. The number of rotatable bonds is 2. The highest BCUT2D eigenvalue weighted by molar-refractivity contribution is 5.93. The molecule has 0 heterocycles. The number of nitrogens with one attached hydrogen (secondary N) is 2. The van der Waals surface area contributed by atoms with Gasteiger partial charge in [0.15, 0.2) is 0 Å². The second-order valence-electron chi connectivity index (χ2n) is 4.68. The van der Waals surface area contributed by atoms with Crippen molar-refractivity contribution in [2.24, 2.45) is 0 Å². The Labute approximate surface area is 116 Å². The standard InChI is InChI=1S/C14H16N2O4/c1-8(17)15-14(19)16-13-11-6-4-3-5-10(11)7-12(13)20-9(2)18/h3-6,12-13H,7H2,1-2H3,(H2,15,16,17,19)/t12-,13+/m1/s1. The molecule has 3 amide bonds. The van der Waals surface area contributed by atoms with Crippen molar-refractivity contribution < 1.29 is 19.1 Å². The lowest BCUT2D eigenvalue weighted by Crippen LogP contribution is -2.43. The molecule has 1 aliphatic carbocycles. The molecule has 2 atom stereocenters. The maximum absolute atomic E-state index is 11.7. The Hall–Kier alpha value is -2.37. The van der Waals surface area contributed by atoms with E-state index in [1.165, 1.54) is 13.8 Å². The zero-order chi connectivity index (χ0) is 14.7. The summed E-state index contributed by atoms with van der Waals surface area (Å²) < 4.78 is 5.25. The third-order valence-corrected chi connectivity index (χ3v) is 3.08. The summed E-state index contributed by atoms with van der Waals surface area (Å²) in [7, 11) is 0. The lowest BCUT2D eigenvalue weighted by atomic mass is 10.1. The smallest absolute Gasteiger partial charge is 0.322 e. The summed E-state index contributed by atoms with van der Waals surface area (Å²) in [5.74, 6) is -0.848. The highest BCUT2D eigenvalue weighted by atomic mass is 16.5. The van der Waals surface area contributed by atoms with Crippen LogP contribution in [-0.4, -0.2) is 24.0 Å². The van der Waals surface area contributed by atoms with E-state index in [1.54, 1.807) is 0 Å². The highest BCUT2D eigenvalue weighted by Gasteiger charge is 2.35. The Bertz CT molecular complexity index is 556. The van der Waals surface area contributed by atoms with Crippen molar-refractivity contribution in [1.29, 1.82) is 0 Å². The minimum atomic E-state index is -0.601. The highest BCUT2D eigenvalue weighted by Crippen LogP contribution is 2.33. The number of esters is 1. The van der Waals surface area contributed by atoms with Gasteiger partial charge in [-0.3, -0.25) is 14.9 Å². The second kappa shape index (κ2) is 5.73. The molecule has 0 aliphatic heterocycles. The number of carbonyl (C=O) groups is 3. The number of carbonyl (C=O) groups excluding carboxylic acids is 3. The number of benzene rings is 1. The maximum Gasteiger partial charge on any atom is 0.322 e. The Morgan fingerprint density at radius 2 is 1.90 bits per heavy atom. The number of hydrogen-bond acceptors (Lipinski definition) is 4. The van der Waals surface area contributed by atoms with Crippen LogP contribution in [0.15, 0.2) is 24.3 Å². The molecule has 1 aromatic carbocycles. The summed E-state index contributed by atoms with van der Waals surface area (Å²) in [5.41, 5.74) is 1.92. The van der Waals surface area contributed by atoms with Crippen molar-refractivity contribution in [2.45, 2.75) is 32.4 Å². The largest absolute Gasteiger partial charge is 0.460 e. The van der Waals surface area contributed by atoms with Crippen molar-refractivity contribution in [2.75, 3.05) is 0 Å². The van der Waals surface area contributed by atoms with Crippen LogP contribution < -0.4 is 10.6 Å². The number of fused-ring (bicyclic) bond motifs is 1. The summed E-state index contributed by atoms with van der Waals surface area (Å²) in [5, 5.41) is 4.82. The summed E-state index contributed by atoms with van der Waals surface area (Å²) in [6.07, 6.45) is 0.0865. The predicted molar refractivity (Wildman–Crippen MR) is 70.8 cm³/mol. The van der Waals surface area contributed by atoms with Crippen LogP contribution in [-0.2, 0) is 20.7 Å². The minimum absolute atomic E-state index is 0.401. The monoisotopic (exact) mass is 276 g/mol. The van der Waals surface area contributed by atoms with Crippen LogP contribution >= 0.6 is 0 Å². The molecule has 0 unspecified atom stereocenters. The average molecular weight is 276 g/mol. The lowest BCUT2D eigenvalue weighted by molar-refractivity contribution is -0.147. The normalized spacial score (nSPS) is 19.9. The number of hydrogen-bond donors (Lipinski definition) is 2. The van der Waals surface area contributed by atoms with Gasteiger partial charge in [0.25, 0.3) is 0 Å². The number of urea groups is 1. The van der Waals surface area contributed by atoms with Gasteiger partial charge in [-0.15, -0.1) is 0 Å². The molecule has 0 saturated heterocycles. The Morgan fingerprint density at radius 1 is 1.20 bits per heavy atom. The van der Waals surface area contributed by atoms with Crippen LogP contribution in [0.2, 0.25) is 0 Å². The van der Waals surface area contributed by atoms with Crippen molar-refractivity contribution in [1.82, 2.24) is 10.6 Å². The molecule has 2 N–H and O–H groups in total. The van der Waals surface area contributed by atoms with E-state index in [2.05, 4.69) is 10.6 Å². The molecule has 0 fully saturated rings. The molecule has 0 spiro atoms.